The molecule has 0 aliphatic rings. The first kappa shape index (κ1) is 23.3. The Morgan fingerprint density at radius 1 is 0.920 bits per heavy atom. The van der Waals surface area contributed by atoms with E-state index in [0.29, 0.717) is 10.0 Å². The van der Waals surface area contributed by atoms with Gasteiger partial charge in [-0.15, -0.1) is 0 Å². The number of sulfone groups is 1. The second-order valence-electron chi connectivity index (χ2n) is 4.48. The average molecular weight is 429 g/mol. The predicted octanol–water partition coefficient (Wildman–Crippen LogP) is 5.36. The minimum atomic E-state index is -3.20. The Hall–Kier alpha value is -1.66. The number of esters is 1. The van der Waals surface area contributed by atoms with Crippen molar-refractivity contribution in [1.29, 1.82) is 0 Å². The molecule has 138 valence electrons. The third-order valence-corrected chi connectivity index (χ3v) is 4.77. The van der Waals surface area contributed by atoms with Crippen molar-refractivity contribution in [2.45, 2.75) is 32.6 Å². The van der Waals surface area contributed by atoms with Crippen LogP contribution in [0.25, 0.3) is 11.1 Å². The van der Waals surface area contributed by atoms with Crippen molar-refractivity contribution in [2.24, 2.45) is 0 Å². The summed E-state index contributed by atoms with van der Waals surface area (Å²) in [5.74, 6) is -0.416. The highest BCUT2D eigenvalue weighted by molar-refractivity contribution is 9.10. The quantitative estimate of drug-likeness (QED) is 0.617. The molecule has 0 bridgehead atoms. The third-order valence-electron chi connectivity index (χ3n) is 2.99. The molecular formula is C19H25BrO4S. The Bertz CT molecular complexity index is 782. The van der Waals surface area contributed by atoms with E-state index in [-0.39, 0.29) is 4.90 Å². The van der Waals surface area contributed by atoms with E-state index in [0.717, 1.165) is 11.1 Å². The molecule has 2 rings (SSSR count). The van der Waals surface area contributed by atoms with E-state index in [9.17, 15) is 13.2 Å². The van der Waals surface area contributed by atoms with Crippen LogP contribution >= 0.6 is 15.9 Å². The van der Waals surface area contributed by atoms with Crippen molar-refractivity contribution in [3.63, 3.8) is 0 Å². The summed E-state index contributed by atoms with van der Waals surface area (Å²) in [4.78, 5) is 11.8. The maximum Gasteiger partial charge on any atom is 0.339 e. The SMILES string of the molecule is CC.CC.COC(=O)c1ccc(-c2ccc(S(C)(=O)=O)cc2)cc1Br. The molecule has 6 heteroatoms. The van der Waals surface area contributed by atoms with E-state index >= 15 is 0 Å². The van der Waals surface area contributed by atoms with Crippen LogP contribution in [0.2, 0.25) is 0 Å². The summed E-state index contributed by atoms with van der Waals surface area (Å²) in [5, 5.41) is 0. The van der Waals surface area contributed by atoms with Gasteiger partial charge in [-0.1, -0.05) is 45.9 Å². The molecule has 2 aromatic rings. The van der Waals surface area contributed by atoms with Crippen molar-refractivity contribution in [1.82, 2.24) is 0 Å². The van der Waals surface area contributed by atoms with Gasteiger partial charge < -0.3 is 4.74 Å². The first-order valence-electron chi connectivity index (χ1n) is 8.01. The van der Waals surface area contributed by atoms with Gasteiger partial charge in [0.2, 0.25) is 0 Å². The lowest BCUT2D eigenvalue weighted by atomic mass is 10.0. The van der Waals surface area contributed by atoms with Crippen LogP contribution in [0, 0.1) is 0 Å². The highest BCUT2D eigenvalue weighted by atomic mass is 79.9. The largest absolute Gasteiger partial charge is 0.465 e. The molecule has 0 radical (unpaired) electrons. The molecule has 25 heavy (non-hydrogen) atoms. The van der Waals surface area contributed by atoms with Crippen LogP contribution in [0.5, 0.6) is 0 Å². The van der Waals surface area contributed by atoms with E-state index < -0.39 is 15.8 Å². The monoisotopic (exact) mass is 428 g/mol. The molecule has 0 saturated carbocycles. The van der Waals surface area contributed by atoms with Crippen molar-refractivity contribution >= 4 is 31.7 Å². The van der Waals surface area contributed by atoms with Gasteiger partial charge in [0.15, 0.2) is 9.84 Å². The van der Waals surface area contributed by atoms with Crippen LogP contribution in [-0.4, -0.2) is 27.8 Å². The molecular weight excluding hydrogens is 404 g/mol. The standard InChI is InChI=1S/C15H13BrO4S.2C2H6/c1-20-15(17)13-8-5-11(9-14(13)16)10-3-6-12(7-4-10)21(2,18)19;2*1-2/h3-9H,1-2H3;2*1-2H3. The Morgan fingerprint density at radius 2 is 1.40 bits per heavy atom. The molecule has 0 N–H and O–H groups in total. The van der Waals surface area contributed by atoms with Crippen LogP contribution in [0.4, 0.5) is 0 Å². The lowest BCUT2D eigenvalue weighted by molar-refractivity contribution is 0.0599. The molecule has 2 aromatic carbocycles. The van der Waals surface area contributed by atoms with Gasteiger partial charge in [-0.3, -0.25) is 0 Å². The average Bonchev–Trinajstić information content (AvgIpc) is 2.63. The second kappa shape index (κ2) is 11.1. The zero-order chi connectivity index (χ0) is 19.6. The fraction of sp³-hybridized carbons (Fsp3) is 0.316. The first-order chi connectivity index (χ1) is 11.8. The van der Waals surface area contributed by atoms with Crippen molar-refractivity contribution in [3.8, 4) is 11.1 Å². The molecule has 0 fully saturated rings. The van der Waals surface area contributed by atoms with Gasteiger partial charge in [0.25, 0.3) is 0 Å². The number of halogens is 1. The van der Waals surface area contributed by atoms with Gasteiger partial charge >= 0.3 is 5.97 Å². The van der Waals surface area contributed by atoms with Crippen LogP contribution < -0.4 is 0 Å². The summed E-state index contributed by atoms with van der Waals surface area (Å²) in [7, 11) is -1.88. The molecule has 0 aliphatic heterocycles. The fourth-order valence-corrected chi connectivity index (χ4v) is 3.04. The summed E-state index contributed by atoms with van der Waals surface area (Å²) in [6.45, 7) is 8.00. The van der Waals surface area contributed by atoms with E-state index in [1.165, 1.54) is 13.4 Å². The number of ether oxygens (including phenoxy) is 1. The number of benzene rings is 2. The molecule has 0 saturated heterocycles. The lowest BCUT2D eigenvalue weighted by Crippen LogP contribution is -2.02. The number of rotatable bonds is 3. The maximum absolute atomic E-state index is 11.5. The Labute approximate surface area is 159 Å². The summed E-state index contributed by atoms with van der Waals surface area (Å²) >= 11 is 3.34. The molecule has 0 atom stereocenters. The number of methoxy groups -OCH3 is 1. The number of carbonyl (C=O) groups excluding carboxylic acids is 1. The normalized spacial score (nSPS) is 9.88. The third kappa shape index (κ3) is 6.63. The summed E-state index contributed by atoms with van der Waals surface area (Å²) in [6.07, 6.45) is 1.17. The molecule has 0 aromatic heterocycles. The van der Waals surface area contributed by atoms with Crippen LogP contribution in [0.1, 0.15) is 38.1 Å². The topological polar surface area (TPSA) is 60.4 Å². The zero-order valence-corrected chi connectivity index (χ0v) is 17.9. The zero-order valence-electron chi connectivity index (χ0n) is 15.5. The summed E-state index contributed by atoms with van der Waals surface area (Å²) in [6, 6.07) is 11.8. The Kier molecular flexibility index (Phi) is 10.3. The Morgan fingerprint density at radius 3 is 1.80 bits per heavy atom. The molecule has 0 aliphatic carbocycles. The molecule has 0 heterocycles. The van der Waals surface area contributed by atoms with E-state index in [2.05, 4.69) is 20.7 Å². The number of hydrogen-bond donors (Lipinski definition) is 0. The minimum Gasteiger partial charge on any atom is -0.465 e. The van der Waals surface area contributed by atoms with Crippen LogP contribution in [0.15, 0.2) is 51.8 Å². The minimum absolute atomic E-state index is 0.275. The van der Waals surface area contributed by atoms with Gasteiger partial charge in [-0.2, -0.15) is 0 Å². The molecule has 0 spiro atoms. The number of carbonyl (C=O) groups is 1. The lowest BCUT2D eigenvalue weighted by Gasteiger charge is -2.07. The maximum atomic E-state index is 11.5. The van der Waals surface area contributed by atoms with Gasteiger partial charge in [0.05, 0.1) is 17.6 Å². The Balaban J connectivity index is 0.00000134. The van der Waals surface area contributed by atoms with E-state index in [1.54, 1.807) is 42.5 Å². The fourth-order valence-electron chi connectivity index (χ4n) is 1.86. The van der Waals surface area contributed by atoms with Crippen LogP contribution in [-0.2, 0) is 14.6 Å². The van der Waals surface area contributed by atoms with Gasteiger partial charge in [0.1, 0.15) is 0 Å². The van der Waals surface area contributed by atoms with Crippen LogP contribution in [0.3, 0.4) is 0 Å². The predicted molar refractivity (Wildman–Crippen MR) is 107 cm³/mol. The summed E-state index contributed by atoms with van der Waals surface area (Å²) in [5.41, 5.74) is 2.17. The highest BCUT2D eigenvalue weighted by Gasteiger charge is 2.12. The molecule has 0 unspecified atom stereocenters. The van der Waals surface area contributed by atoms with E-state index in [1.807, 2.05) is 27.7 Å². The first-order valence-corrected chi connectivity index (χ1v) is 10.7. The molecule has 0 amide bonds. The highest BCUT2D eigenvalue weighted by Crippen LogP contribution is 2.27. The second-order valence-corrected chi connectivity index (χ2v) is 7.35. The van der Waals surface area contributed by atoms with Gasteiger partial charge in [0, 0.05) is 10.7 Å². The summed E-state index contributed by atoms with van der Waals surface area (Å²) < 4.78 is 28.2. The van der Waals surface area contributed by atoms with E-state index in [4.69, 9.17) is 0 Å². The van der Waals surface area contributed by atoms with Crippen molar-refractivity contribution in [3.05, 3.63) is 52.5 Å². The smallest absolute Gasteiger partial charge is 0.339 e. The van der Waals surface area contributed by atoms with Crippen molar-refractivity contribution < 1.29 is 17.9 Å². The van der Waals surface area contributed by atoms with Crippen molar-refractivity contribution in [2.75, 3.05) is 13.4 Å². The molecule has 4 nitrogen and oxygen atoms in total. The van der Waals surface area contributed by atoms with Gasteiger partial charge in [-0.05, 0) is 51.3 Å². The van der Waals surface area contributed by atoms with Gasteiger partial charge in [-0.25, -0.2) is 13.2 Å². The number of hydrogen-bond acceptors (Lipinski definition) is 4.